The highest BCUT2D eigenvalue weighted by atomic mass is 14.9. The van der Waals surface area contributed by atoms with Gasteiger partial charge < -0.3 is 16.8 Å². The fraction of sp³-hybridized carbons (Fsp3) is 0.100. The highest BCUT2D eigenvalue weighted by Crippen LogP contribution is 2.23. The molecule has 24 heavy (non-hydrogen) atoms. The molecule has 1 aliphatic rings. The van der Waals surface area contributed by atoms with E-state index >= 15 is 0 Å². The van der Waals surface area contributed by atoms with Gasteiger partial charge in [-0.15, -0.1) is 0 Å². The van der Waals surface area contributed by atoms with Gasteiger partial charge in [0.15, 0.2) is 0 Å². The number of rotatable bonds is 1. The number of anilines is 4. The predicted molar refractivity (Wildman–Crippen MR) is 106 cm³/mol. The number of nitrogens with one attached hydrogen (secondary N) is 1. The molecule has 0 amide bonds. The number of hydrogen-bond acceptors (Lipinski definition) is 3. The number of hydrogen-bond donors (Lipinski definition) is 3. The number of fused-ring (bicyclic) bond motifs is 2. The molecule has 3 nitrogen and oxygen atoms in total. The van der Waals surface area contributed by atoms with Crippen LogP contribution in [0.4, 0.5) is 22.7 Å². The molecule has 0 fully saturated rings. The van der Waals surface area contributed by atoms with E-state index in [1.54, 1.807) is 0 Å². The maximum Gasteiger partial charge on any atom is 0.247 e. The van der Waals surface area contributed by atoms with Crippen molar-refractivity contribution in [3.05, 3.63) is 65.7 Å². The van der Waals surface area contributed by atoms with Crippen molar-refractivity contribution in [2.45, 2.75) is 13.8 Å². The van der Waals surface area contributed by atoms with Crippen LogP contribution in [0.25, 0.3) is 0 Å². The van der Waals surface area contributed by atoms with E-state index in [0.29, 0.717) is 0 Å². The van der Waals surface area contributed by atoms with E-state index in [1.165, 1.54) is 27.5 Å². The van der Waals surface area contributed by atoms with Crippen LogP contribution < -0.4 is 33.2 Å². The van der Waals surface area contributed by atoms with Crippen LogP contribution in [0.2, 0.25) is 0 Å². The Morgan fingerprint density at radius 3 is 1.75 bits per heavy atom. The molecule has 5 N–H and O–H groups in total. The zero-order chi connectivity index (χ0) is 16.8. The fourth-order valence-corrected chi connectivity index (χ4v) is 3.77. The number of nitrogen functional groups attached to an aromatic ring is 2. The van der Waals surface area contributed by atoms with Crippen molar-refractivity contribution in [2.24, 2.45) is 0 Å². The maximum atomic E-state index is 6.10. The SMILES string of the molecule is Cc1cccc(C)c1B1c2cc(N)ccc2Nc2ccc(N)cc21. The van der Waals surface area contributed by atoms with Crippen molar-refractivity contribution in [2.75, 3.05) is 16.8 Å². The second kappa shape index (κ2) is 5.34. The number of benzene rings is 3. The zero-order valence-electron chi connectivity index (χ0n) is 13.9. The normalized spacial score (nSPS) is 12.3. The van der Waals surface area contributed by atoms with Gasteiger partial charge in [-0.2, -0.15) is 0 Å². The average molecular weight is 313 g/mol. The lowest BCUT2D eigenvalue weighted by atomic mass is 9.34. The first-order chi connectivity index (χ1) is 11.5. The molecule has 0 radical (unpaired) electrons. The molecule has 0 aromatic heterocycles. The molecule has 0 atom stereocenters. The molecule has 0 spiro atoms. The zero-order valence-corrected chi connectivity index (χ0v) is 13.9. The molecule has 0 unspecified atom stereocenters. The van der Waals surface area contributed by atoms with Crippen LogP contribution in [-0.4, -0.2) is 6.71 Å². The van der Waals surface area contributed by atoms with Crippen molar-refractivity contribution >= 4 is 45.9 Å². The van der Waals surface area contributed by atoms with E-state index in [0.717, 1.165) is 22.7 Å². The molecular weight excluding hydrogens is 293 g/mol. The van der Waals surface area contributed by atoms with Crippen molar-refractivity contribution in [3.8, 4) is 0 Å². The summed E-state index contributed by atoms with van der Waals surface area (Å²) in [4.78, 5) is 0. The molecule has 1 heterocycles. The summed E-state index contributed by atoms with van der Waals surface area (Å²) in [5, 5.41) is 3.52. The molecule has 118 valence electrons. The molecule has 4 rings (SSSR count). The summed E-state index contributed by atoms with van der Waals surface area (Å²) in [5.74, 6) is 0. The van der Waals surface area contributed by atoms with Gasteiger partial charge in [0, 0.05) is 22.7 Å². The van der Waals surface area contributed by atoms with Crippen molar-refractivity contribution in [1.82, 2.24) is 0 Å². The third-order valence-electron chi connectivity index (χ3n) is 4.87. The van der Waals surface area contributed by atoms with Gasteiger partial charge in [-0.1, -0.05) is 34.8 Å². The van der Waals surface area contributed by atoms with E-state index < -0.39 is 0 Å². The molecule has 0 saturated carbocycles. The Morgan fingerprint density at radius 1 is 0.750 bits per heavy atom. The number of nitrogens with two attached hydrogens (primary N) is 2. The minimum Gasteiger partial charge on any atom is -0.399 e. The van der Waals surface area contributed by atoms with Crippen LogP contribution in [0.5, 0.6) is 0 Å². The standard InChI is InChI=1S/C20H20BN3/c1-12-4-3-5-13(2)20(12)21-16-10-14(22)6-8-18(16)24-19-9-7-15(23)11-17(19)21/h3-11,24H,22-23H2,1-2H3. The first-order valence-electron chi connectivity index (χ1n) is 8.16. The van der Waals surface area contributed by atoms with Crippen molar-refractivity contribution < 1.29 is 0 Å². The van der Waals surface area contributed by atoms with Crippen LogP contribution in [-0.2, 0) is 0 Å². The summed E-state index contributed by atoms with van der Waals surface area (Å²) in [6.45, 7) is 4.47. The molecule has 3 aromatic rings. The Balaban J connectivity index is 2.05. The fourth-order valence-electron chi connectivity index (χ4n) is 3.77. The minimum atomic E-state index is 0.129. The Labute approximate surface area is 142 Å². The second-order valence-corrected chi connectivity index (χ2v) is 6.56. The molecular formula is C20H20BN3. The molecule has 0 bridgehead atoms. The van der Waals surface area contributed by atoms with E-state index in [1.807, 2.05) is 12.1 Å². The molecule has 0 aliphatic carbocycles. The first kappa shape index (κ1) is 14.7. The molecule has 3 aromatic carbocycles. The van der Waals surface area contributed by atoms with E-state index in [9.17, 15) is 0 Å². The van der Waals surface area contributed by atoms with Crippen molar-refractivity contribution in [1.29, 1.82) is 0 Å². The lowest BCUT2D eigenvalue weighted by molar-refractivity contribution is 1.42. The largest absolute Gasteiger partial charge is 0.399 e. The summed E-state index contributed by atoms with van der Waals surface area (Å²) in [6.07, 6.45) is 0. The first-order valence-corrected chi connectivity index (χ1v) is 8.16. The van der Waals surface area contributed by atoms with E-state index in [2.05, 4.69) is 61.6 Å². The van der Waals surface area contributed by atoms with Gasteiger partial charge in [-0.05, 0) is 61.2 Å². The highest BCUT2D eigenvalue weighted by molar-refractivity contribution is 6.98. The Bertz CT molecular complexity index is 878. The van der Waals surface area contributed by atoms with Crippen molar-refractivity contribution in [3.63, 3.8) is 0 Å². The van der Waals surface area contributed by atoms with E-state index in [-0.39, 0.29) is 6.71 Å². The smallest absolute Gasteiger partial charge is 0.247 e. The molecule has 1 aliphatic heterocycles. The minimum absolute atomic E-state index is 0.129. The summed E-state index contributed by atoms with van der Waals surface area (Å²) in [5.41, 5.74) is 22.2. The third kappa shape index (κ3) is 2.23. The summed E-state index contributed by atoms with van der Waals surface area (Å²) in [6, 6.07) is 18.6. The van der Waals surface area contributed by atoms with Gasteiger partial charge >= 0.3 is 0 Å². The summed E-state index contributed by atoms with van der Waals surface area (Å²) < 4.78 is 0. The summed E-state index contributed by atoms with van der Waals surface area (Å²) >= 11 is 0. The number of aryl methyl sites for hydroxylation is 2. The lowest BCUT2D eigenvalue weighted by Gasteiger charge is -2.30. The van der Waals surface area contributed by atoms with Crippen LogP contribution in [0, 0.1) is 13.8 Å². The van der Waals surface area contributed by atoms with Gasteiger partial charge in [-0.3, -0.25) is 0 Å². The van der Waals surface area contributed by atoms with Crippen LogP contribution in [0.3, 0.4) is 0 Å². The average Bonchev–Trinajstić information content (AvgIpc) is 2.54. The maximum absolute atomic E-state index is 6.10. The van der Waals surface area contributed by atoms with Gasteiger partial charge in [0.2, 0.25) is 6.71 Å². The molecule has 4 heteroatoms. The van der Waals surface area contributed by atoms with Gasteiger partial charge in [0.05, 0.1) is 0 Å². The third-order valence-corrected chi connectivity index (χ3v) is 4.87. The van der Waals surface area contributed by atoms with E-state index in [4.69, 9.17) is 11.5 Å². The lowest BCUT2D eigenvalue weighted by Crippen LogP contribution is -2.57. The van der Waals surface area contributed by atoms with Crippen LogP contribution >= 0.6 is 0 Å². The second-order valence-electron chi connectivity index (χ2n) is 6.56. The highest BCUT2D eigenvalue weighted by Gasteiger charge is 2.32. The monoisotopic (exact) mass is 313 g/mol. The Morgan fingerprint density at radius 2 is 1.25 bits per heavy atom. The Hall–Kier alpha value is -2.88. The van der Waals surface area contributed by atoms with Crippen LogP contribution in [0.1, 0.15) is 11.1 Å². The Kier molecular flexibility index (Phi) is 3.27. The van der Waals surface area contributed by atoms with Gasteiger partial charge in [0.1, 0.15) is 0 Å². The van der Waals surface area contributed by atoms with Gasteiger partial charge in [-0.25, -0.2) is 0 Å². The molecule has 0 saturated heterocycles. The van der Waals surface area contributed by atoms with Gasteiger partial charge in [0.25, 0.3) is 0 Å². The van der Waals surface area contributed by atoms with Crippen LogP contribution in [0.15, 0.2) is 54.6 Å². The topological polar surface area (TPSA) is 64.1 Å². The predicted octanol–water partition coefficient (Wildman–Crippen LogP) is 2.04. The quantitative estimate of drug-likeness (QED) is 0.372. The summed E-state index contributed by atoms with van der Waals surface area (Å²) in [7, 11) is 0.